The first kappa shape index (κ1) is 15.7. The minimum atomic E-state index is -0.285. The molecule has 21 heavy (non-hydrogen) atoms. The minimum absolute atomic E-state index is 0.0580. The number of carbonyl (C=O) groups is 1. The molecule has 4 heteroatoms. The molecule has 110 valence electrons. The van der Waals surface area contributed by atoms with Crippen LogP contribution in [0.25, 0.3) is 0 Å². The Morgan fingerprint density at radius 2 is 1.95 bits per heavy atom. The van der Waals surface area contributed by atoms with Crippen LogP contribution in [0.1, 0.15) is 28.4 Å². The van der Waals surface area contributed by atoms with Crippen LogP contribution in [0.15, 0.2) is 46.9 Å². The third-order valence-corrected chi connectivity index (χ3v) is 4.41. The van der Waals surface area contributed by atoms with Crippen LogP contribution in [-0.4, -0.2) is 17.4 Å². The Labute approximate surface area is 132 Å². The van der Waals surface area contributed by atoms with Crippen LogP contribution in [0.5, 0.6) is 0 Å². The highest BCUT2D eigenvalue weighted by Gasteiger charge is 2.18. The molecule has 0 radical (unpaired) electrons. The number of amides is 1. The lowest BCUT2D eigenvalue weighted by molar-refractivity contribution is 0.0751. The molecular formula is C17H17BrFNO. The molecule has 2 rings (SSSR count). The fraction of sp³-hybridized carbons (Fsp3) is 0.235. The van der Waals surface area contributed by atoms with Crippen molar-refractivity contribution in [3.05, 3.63) is 69.4 Å². The van der Waals surface area contributed by atoms with Gasteiger partial charge in [0, 0.05) is 17.6 Å². The van der Waals surface area contributed by atoms with E-state index in [4.69, 9.17) is 0 Å². The van der Waals surface area contributed by atoms with E-state index in [0.29, 0.717) is 18.7 Å². The van der Waals surface area contributed by atoms with E-state index in [1.165, 1.54) is 12.1 Å². The second-order valence-electron chi connectivity index (χ2n) is 4.89. The zero-order chi connectivity index (χ0) is 15.4. The van der Waals surface area contributed by atoms with Crippen LogP contribution in [0, 0.1) is 12.7 Å². The number of rotatable bonds is 4. The van der Waals surface area contributed by atoms with Gasteiger partial charge in [0.1, 0.15) is 5.82 Å². The summed E-state index contributed by atoms with van der Waals surface area (Å²) in [6, 6.07) is 12.0. The number of hydrogen-bond acceptors (Lipinski definition) is 1. The van der Waals surface area contributed by atoms with Gasteiger partial charge in [-0.15, -0.1) is 0 Å². The van der Waals surface area contributed by atoms with Gasteiger partial charge in [0.25, 0.3) is 5.91 Å². The fourth-order valence-electron chi connectivity index (χ4n) is 2.17. The Kier molecular flexibility index (Phi) is 5.12. The molecule has 0 aliphatic rings. The maximum Gasteiger partial charge on any atom is 0.255 e. The van der Waals surface area contributed by atoms with Gasteiger partial charge in [0.05, 0.1) is 5.56 Å². The Bertz CT molecular complexity index is 657. The predicted octanol–water partition coefficient (Wildman–Crippen LogP) is 4.56. The van der Waals surface area contributed by atoms with Crippen molar-refractivity contribution in [3.8, 4) is 0 Å². The standard InChI is InChI=1S/C17H17BrFNO/c1-3-20(11-13-7-5-8-14(19)10-13)17(21)15-9-4-6-12(2)16(15)18/h4-10H,3,11H2,1-2H3. The van der Waals surface area contributed by atoms with E-state index in [9.17, 15) is 9.18 Å². The second kappa shape index (κ2) is 6.85. The van der Waals surface area contributed by atoms with Gasteiger partial charge < -0.3 is 4.90 Å². The topological polar surface area (TPSA) is 20.3 Å². The lowest BCUT2D eigenvalue weighted by Gasteiger charge is -2.22. The number of nitrogens with zero attached hydrogens (tertiary/aromatic N) is 1. The Balaban J connectivity index is 2.25. The highest BCUT2D eigenvalue weighted by Crippen LogP contribution is 2.23. The number of hydrogen-bond donors (Lipinski definition) is 0. The van der Waals surface area contributed by atoms with Crippen molar-refractivity contribution in [3.63, 3.8) is 0 Å². The number of carbonyl (C=O) groups excluding carboxylic acids is 1. The molecule has 0 atom stereocenters. The molecule has 0 aliphatic heterocycles. The van der Waals surface area contributed by atoms with E-state index in [1.54, 1.807) is 17.0 Å². The van der Waals surface area contributed by atoms with E-state index in [0.717, 1.165) is 15.6 Å². The first-order chi connectivity index (χ1) is 10.0. The molecule has 0 N–H and O–H groups in total. The Morgan fingerprint density at radius 1 is 1.24 bits per heavy atom. The van der Waals surface area contributed by atoms with Gasteiger partial charge in [0.15, 0.2) is 0 Å². The summed E-state index contributed by atoms with van der Waals surface area (Å²) in [6.07, 6.45) is 0. The second-order valence-corrected chi connectivity index (χ2v) is 5.68. The van der Waals surface area contributed by atoms with E-state index in [1.807, 2.05) is 32.0 Å². The van der Waals surface area contributed by atoms with Crippen molar-refractivity contribution in [2.24, 2.45) is 0 Å². The normalized spacial score (nSPS) is 10.5. The molecule has 0 unspecified atom stereocenters. The summed E-state index contributed by atoms with van der Waals surface area (Å²) in [6.45, 7) is 4.83. The highest BCUT2D eigenvalue weighted by atomic mass is 79.9. The van der Waals surface area contributed by atoms with Crippen LogP contribution >= 0.6 is 15.9 Å². The van der Waals surface area contributed by atoms with Crippen LogP contribution in [0.2, 0.25) is 0 Å². The predicted molar refractivity (Wildman–Crippen MR) is 85.7 cm³/mol. The largest absolute Gasteiger partial charge is 0.335 e. The molecule has 0 spiro atoms. The molecule has 0 aliphatic carbocycles. The van der Waals surface area contributed by atoms with Crippen LogP contribution < -0.4 is 0 Å². The summed E-state index contributed by atoms with van der Waals surface area (Å²) in [5.41, 5.74) is 2.44. The first-order valence-corrected chi connectivity index (χ1v) is 7.61. The average molecular weight is 350 g/mol. The van der Waals surface area contributed by atoms with Gasteiger partial charge in [0.2, 0.25) is 0 Å². The van der Waals surface area contributed by atoms with Crippen LogP contribution in [0.4, 0.5) is 4.39 Å². The molecule has 2 aromatic carbocycles. The molecule has 0 heterocycles. The third kappa shape index (κ3) is 3.70. The van der Waals surface area contributed by atoms with Crippen molar-refractivity contribution in [1.29, 1.82) is 0 Å². The summed E-state index contributed by atoms with van der Waals surface area (Å²) >= 11 is 3.47. The quantitative estimate of drug-likeness (QED) is 0.792. The van der Waals surface area contributed by atoms with E-state index in [-0.39, 0.29) is 11.7 Å². The van der Waals surface area contributed by atoms with Crippen molar-refractivity contribution in [2.45, 2.75) is 20.4 Å². The van der Waals surface area contributed by atoms with Crippen LogP contribution in [-0.2, 0) is 6.54 Å². The maximum atomic E-state index is 13.3. The molecule has 0 saturated carbocycles. The molecule has 2 nitrogen and oxygen atoms in total. The summed E-state index contributed by atoms with van der Waals surface area (Å²) in [7, 11) is 0. The molecule has 0 saturated heterocycles. The SMILES string of the molecule is CCN(Cc1cccc(F)c1)C(=O)c1cccc(C)c1Br. The fourth-order valence-corrected chi connectivity index (χ4v) is 2.60. The monoisotopic (exact) mass is 349 g/mol. The summed E-state index contributed by atoms with van der Waals surface area (Å²) < 4.78 is 14.1. The van der Waals surface area contributed by atoms with Crippen molar-refractivity contribution in [2.75, 3.05) is 6.54 Å². The van der Waals surface area contributed by atoms with E-state index in [2.05, 4.69) is 15.9 Å². The molecule has 0 aromatic heterocycles. The molecule has 1 amide bonds. The molecule has 0 fully saturated rings. The lowest BCUT2D eigenvalue weighted by atomic mass is 10.1. The zero-order valence-electron chi connectivity index (χ0n) is 12.1. The first-order valence-electron chi connectivity index (χ1n) is 6.81. The summed E-state index contributed by atoms with van der Waals surface area (Å²) in [4.78, 5) is 14.3. The Morgan fingerprint density at radius 3 is 2.62 bits per heavy atom. The van der Waals surface area contributed by atoms with Gasteiger partial charge in [-0.05, 0) is 59.1 Å². The lowest BCUT2D eigenvalue weighted by Crippen LogP contribution is -2.30. The molecular weight excluding hydrogens is 333 g/mol. The van der Waals surface area contributed by atoms with E-state index >= 15 is 0 Å². The zero-order valence-corrected chi connectivity index (χ0v) is 13.7. The number of aryl methyl sites for hydroxylation is 1. The number of halogens is 2. The summed E-state index contributed by atoms with van der Waals surface area (Å²) in [5.74, 6) is -0.343. The highest BCUT2D eigenvalue weighted by molar-refractivity contribution is 9.10. The third-order valence-electron chi connectivity index (χ3n) is 3.35. The number of benzene rings is 2. The summed E-state index contributed by atoms with van der Waals surface area (Å²) in [5, 5.41) is 0. The van der Waals surface area contributed by atoms with Gasteiger partial charge in [-0.25, -0.2) is 4.39 Å². The van der Waals surface area contributed by atoms with Crippen molar-refractivity contribution >= 4 is 21.8 Å². The minimum Gasteiger partial charge on any atom is -0.335 e. The molecule has 2 aromatic rings. The van der Waals surface area contributed by atoms with Gasteiger partial charge in [-0.1, -0.05) is 24.3 Å². The molecule has 0 bridgehead atoms. The smallest absolute Gasteiger partial charge is 0.255 e. The van der Waals surface area contributed by atoms with Crippen molar-refractivity contribution < 1.29 is 9.18 Å². The Hall–Kier alpha value is -1.68. The van der Waals surface area contributed by atoms with Gasteiger partial charge in [-0.2, -0.15) is 0 Å². The van der Waals surface area contributed by atoms with Gasteiger partial charge in [-0.3, -0.25) is 4.79 Å². The average Bonchev–Trinajstić information content (AvgIpc) is 2.47. The van der Waals surface area contributed by atoms with Gasteiger partial charge >= 0.3 is 0 Å². The maximum absolute atomic E-state index is 13.3. The van der Waals surface area contributed by atoms with Crippen LogP contribution in [0.3, 0.4) is 0 Å². The van der Waals surface area contributed by atoms with E-state index < -0.39 is 0 Å². The van der Waals surface area contributed by atoms with Crippen molar-refractivity contribution in [1.82, 2.24) is 4.90 Å².